The van der Waals surface area contributed by atoms with E-state index < -0.39 is 0 Å². The van der Waals surface area contributed by atoms with Crippen LogP contribution in [0.2, 0.25) is 0 Å². The van der Waals surface area contributed by atoms with Crippen LogP contribution in [0.15, 0.2) is 121 Å². The third-order valence-electron chi connectivity index (χ3n) is 6.31. The number of ether oxygens (including phenoxy) is 3. The molecule has 6 nitrogen and oxygen atoms in total. The molecular weight excluding hydrogens is 500 g/mol. The van der Waals surface area contributed by atoms with Crippen molar-refractivity contribution in [3.63, 3.8) is 0 Å². The van der Waals surface area contributed by atoms with E-state index in [0.717, 1.165) is 44.8 Å². The lowest BCUT2D eigenvalue weighted by atomic mass is 10.1. The van der Waals surface area contributed by atoms with Crippen molar-refractivity contribution in [2.24, 2.45) is 0 Å². The van der Waals surface area contributed by atoms with E-state index in [-0.39, 0.29) is 5.97 Å². The number of pyridine rings is 1. The normalized spacial score (nSPS) is 11.2. The van der Waals surface area contributed by atoms with E-state index in [9.17, 15) is 4.79 Å². The Labute approximate surface area is 233 Å². The third kappa shape index (κ3) is 7.26. The van der Waals surface area contributed by atoms with Crippen molar-refractivity contribution in [2.45, 2.75) is 6.61 Å². The fourth-order valence-electron chi connectivity index (χ4n) is 4.15. The fraction of sp³-hybridized carbons (Fsp3) is 0.118. The van der Waals surface area contributed by atoms with Gasteiger partial charge >= 0.3 is 5.97 Å². The van der Waals surface area contributed by atoms with Gasteiger partial charge in [0.05, 0.1) is 30.1 Å². The first-order valence-corrected chi connectivity index (χ1v) is 13.0. The summed E-state index contributed by atoms with van der Waals surface area (Å²) in [7, 11) is 1.38. The Kier molecular flexibility index (Phi) is 8.69. The summed E-state index contributed by atoms with van der Waals surface area (Å²) < 4.78 is 16.8. The summed E-state index contributed by atoms with van der Waals surface area (Å²) in [6, 6.07) is 35.1. The van der Waals surface area contributed by atoms with Crippen LogP contribution in [0.3, 0.4) is 0 Å². The average molecular weight is 531 g/mol. The molecule has 0 saturated heterocycles. The largest absolute Gasteiger partial charge is 0.489 e. The minimum Gasteiger partial charge on any atom is -0.489 e. The molecular formula is C34H30N2O4. The highest BCUT2D eigenvalue weighted by atomic mass is 16.5. The van der Waals surface area contributed by atoms with Gasteiger partial charge in [-0.2, -0.15) is 0 Å². The number of anilines is 1. The van der Waals surface area contributed by atoms with E-state index >= 15 is 0 Å². The molecule has 1 N–H and O–H groups in total. The Morgan fingerprint density at radius 3 is 2.27 bits per heavy atom. The lowest BCUT2D eigenvalue weighted by Gasteiger charge is -2.14. The third-order valence-corrected chi connectivity index (χ3v) is 6.31. The smallest absolute Gasteiger partial charge is 0.337 e. The summed E-state index contributed by atoms with van der Waals surface area (Å²) in [5, 5.41) is 4.54. The number of hydrogen-bond donors (Lipinski definition) is 1. The van der Waals surface area contributed by atoms with Crippen LogP contribution < -0.4 is 14.8 Å². The van der Waals surface area contributed by atoms with Gasteiger partial charge in [0.2, 0.25) is 0 Å². The number of fused-ring (bicyclic) bond motifs is 1. The Morgan fingerprint density at radius 2 is 1.52 bits per heavy atom. The topological polar surface area (TPSA) is 69.7 Å². The first-order chi connectivity index (χ1) is 19.7. The van der Waals surface area contributed by atoms with Crippen LogP contribution in [-0.4, -0.2) is 31.2 Å². The Bertz CT molecular complexity index is 1580. The van der Waals surface area contributed by atoms with E-state index in [1.54, 1.807) is 12.1 Å². The number of hydrogen-bond acceptors (Lipinski definition) is 6. The predicted molar refractivity (Wildman–Crippen MR) is 159 cm³/mol. The molecule has 0 radical (unpaired) electrons. The van der Waals surface area contributed by atoms with Crippen molar-refractivity contribution in [2.75, 3.05) is 25.6 Å². The minimum absolute atomic E-state index is 0.360. The van der Waals surface area contributed by atoms with Gasteiger partial charge in [-0.1, -0.05) is 66.7 Å². The van der Waals surface area contributed by atoms with Crippen molar-refractivity contribution in [1.82, 2.24) is 4.98 Å². The summed E-state index contributed by atoms with van der Waals surface area (Å²) >= 11 is 0. The van der Waals surface area contributed by atoms with Gasteiger partial charge in [-0.25, -0.2) is 4.79 Å². The van der Waals surface area contributed by atoms with Crippen LogP contribution in [0.25, 0.3) is 17.0 Å². The molecule has 4 aromatic carbocycles. The molecule has 1 heterocycles. The molecule has 0 aliphatic rings. The van der Waals surface area contributed by atoms with Gasteiger partial charge in [0.25, 0.3) is 0 Å². The summed E-state index contributed by atoms with van der Waals surface area (Å²) in [5.74, 6) is 1.16. The van der Waals surface area contributed by atoms with Crippen LogP contribution >= 0.6 is 0 Å². The number of carbonyl (C=O) groups excluding carboxylic acids is 1. The van der Waals surface area contributed by atoms with Gasteiger partial charge in [0.1, 0.15) is 24.7 Å². The molecule has 200 valence electrons. The van der Waals surface area contributed by atoms with Crippen molar-refractivity contribution in [3.8, 4) is 11.5 Å². The molecule has 1 aromatic heterocycles. The van der Waals surface area contributed by atoms with Crippen LogP contribution in [0, 0.1) is 0 Å². The zero-order valence-electron chi connectivity index (χ0n) is 22.2. The molecule has 0 spiro atoms. The van der Waals surface area contributed by atoms with Gasteiger partial charge in [-0.15, -0.1) is 0 Å². The zero-order chi connectivity index (χ0) is 27.6. The number of methoxy groups -OCH3 is 1. The molecule has 5 rings (SSSR count). The number of nitrogens with one attached hydrogen (secondary N) is 1. The monoisotopic (exact) mass is 530 g/mol. The van der Waals surface area contributed by atoms with Crippen LogP contribution in [0.5, 0.6) is 11.5 Å². The summed E-state index contributed by atoms with van der Waals surface area (Å²) in [5.41, 5.74) is 5.47. The molecule has 0 amide bonds. The van der Waals surface area contributed by atoms with E-state index in [1.165, 1.54) is 7.11 Å². The van der Waals surface area contributed by atoms with Gasteiger partial charge in [0.15, 0.2) is 0 Å². The summed E-state index contributed by atoms with van der Waals surface area (Å²) in [6.07, 6.45) is 3.89. The second-order valence-electron chi connectivity index (χ2n) is 9.22. The minimum atomic E-state index is -0.360. The highest BCUT2D eigenvalue weighted by Crippen LogP contribution is 2.21. The average Bonchev–Trinajstić information content (AvgIpc) is 3.02. The Hall–Kier alpha value is -5.10. The van der Waals surface area contributed by atoms with E-state index in [0.29, 0.717) is 25.3 Å². The first-order valence-electron chi connectivity index (χ1n) is 13.0. The second kappa shape index (κ2) is 13.1. The van der Waals surface area contributed by atoms with E-state index in [2.05, 4.69) is 22.4 Å². The standard InChI is InChI=1S/C34H30N2O4/c1-38-34(37)28-13-11-25(12-14-28)19-27(21-35-30-20-29-9-5-6-10-33(29)36-22-30)24-40-32-17-15-31(16-18-32)39-23-26-7-3-2-4-8-26/h2-20,22,35H,21,23-24H2,1H3/b27-19-. The lowest BCUT2D eigenvalue weighted by Crippen LogP contribution is -2.12. The fourth-order valence-corrected chi connectivity index (χ4v) is 4.15. The number of para-hydroxylation sites is 1. The molecule has 0 bridgehead atoms. The number of esters is 1. The Balaban J connectivity index is 1.26. The maximum Gasteiger partial charge on any atom is 0.337 e. The number of aromatic nitrogens is 1. The maximum absolute atomic E-state index is 11.8. The van der Waals surface area contributed by atoms with Crippen molar-refractivity contribution in [1.29, 1.82) is 0 Å². The molecule has 0 saturated carbocycles. The molecule has 0 unspecified atom stereocenters. The highest BCUT2D eigenvalue weighted by molar-refractivity contribution is 5.89. The zero-order valence-corrected chi connectivity index (χ0v) is 22.2. The maximum atomic E-state index is 11.8. The van der Waals surface area contributed by atoms with Crippen LogP contribution in [-0.2, 0) is 11.3 Å². The van der Waals surface area contributed by atoms with Crippen LogP contribution in [0.1, 0.15) is 21.5 Å². The highest BCUT2D eigenvalue weighted by Gasteiger charge is 2.07. The molecule has 0 aliphatic carbocycles. The molecule has 0 atom stereocenters. The van der Waals surface area contributed by atoms with Crippen molar-refractivity contribution in [3.05, 3.63) is 138 Å². The van der Waals surface area contributed by atoms with E-state index in [1.807, 2.05) is 97.2 Å². The number of nitrogens with zero attached hydrogens (tertiary/aromatic N) is 1. The van der Waals surface area contributed by atoms with Gasteiger partial charge in [-0.3, -0.25) is 4.98 Å². The van der Waals surface area contributed by atoms with E-state index in [4.69, 9.17) is 14.2 Å². The molecule has 0 aliphatic heterocycles. The first kappa shape index (κ1) is 26.5. The predicted octanol–water partition coefficient (Wildman–Crippen LogP) is 7.17. The SMILES string of the molecule is COC(=O)c1ccc(/C=C(/CNc2cnc3ccccc3c2)COc2ccc(OCc3ccccc3)cc2)cc1. The number of carbonyl (C=O) groups is 1. The molecule has 0 fully saturated rings. The Morgan fingerprint density at radius 1 is 0.825 bits per heavy atom. The van der Waals surface area contributed by atoms with Gasteiger partial charge in [0, 0.05) is 11.9 Å². The van der Waals surface area contributed by atoms with Gasteiger partial charge in [-0.05, 0) is 65.2 Å². The number of rotatable bonds is 11. The summed E-state index contributed by atoms with van der Waals surface area (Å²) in [6.45, 7) is 1.44. The quantitative estimate of drug-likeness (QED) is 0.183. The molecule has 5 aromatic rings. The lowest BCUT2D eigenvalue weighted by molar-refractivity contribution is 0.0600. The second-order valence-corrected chi connectivity index (χ2v) is 9.22. The van der Waals surface area contributed by atoms with Crippen molar-refractivity contribution < 1.29 is 19.0 Å². The number of benzene rings is 4. The summed E-state index contributed by atoms with van der Waals surface area (Å²) in [4.78, 5) is 16.4. The van der Waals surface area contributed by atoms with Crippen molar-refractivity contribution >= 4 is 28.6 Å². The van der Waals surface area contributed by atoms with Crippen LogP contribution in [0.4, 0.5) is 5.69 Å². The molecule has 40 heavy (non-hydrogen) atoms. The molecule has 6 heteroatoms. The van der Waals surface area contributed by atoms with Gasteiger partial charge < -0.3 is 19.5 Å².